The number of benzene rings is 2. The van der Waals surface area contributed by atoms with E-state index in [9.17, 15) is 0 Å². The molecule has 0 aliphatic rings. The maximum Gasteiger partial charge on any atom is 0.107 e. The first-order valence-electron chi connectivity index (χ1n) is 9.87. The largest absolute Gasteiger partial charge is 0.364 e. The Morgan fingerprint density at radius 3 is 1.54 bits per heavy atom. The fourth-order valence-corrected chi connectivity index (χ4v) is 3.66. The highest BCUT2D eigenvalue weighted by atomic mass is 15.2. The molecule has 0 atom stereocenters. The molecule has 0 aliphatic carbocycles. The minimum absolute atomic E-state index is 0.0398. The topological polar surface area (TPSA) is 37.0 Å². The Morgan fingerprint density at radius 2 is 1.14 bits per heavy atom. The van der Waals surface area contributed by atoms with E-state index in [4.69, 9.17) is 0 Å². The number of aryl methyl sites for hydroxylation is 4. The van der Waals surface area contributed by atoms with Crippen molar-refractivity contribution in [3.05, 3.63) is 88.7 Å². The van der Waals surface area contributed by atoms with Crippen LogP contribution in [0.25, 0.3) is 0 Å². The Labute approximate surface area is 169 Å². The molecule has 0 fully saturated rings. The molecule has 1 heterocycles. The lowest BCUT2D eigenvalue weighted by atomic mass is 9.84. The Morgan fingerprint density at radius 1 is 0.679 bits per heavy atom. The third-order valence-electron chi connectivity index (χ3n) is 5.59. The number of nitrogens with one attached hydrogen (secondary N) is 2. The molecule has 0 bridgehead atoms. The molecular weight excluding hydrogens is 342 g/mol. The van der Waals surface area contributed by atoms with Crippen LogP contribution in [0.5, 0.6) is 0 Å². The van der Waals surface area contributed by atoms with E-state index in [1.807, 2.05) is 12.3 Å². The van der Waals surface area contributed by atoms with Crippen molar-refractivity contribution in [2.24, 2.45) is 0 Å². The number of aromatic nitrogens is 1. The van der Waals surface area contributed by atoms with Crippen molar-refractivity contribution in [1.82, 2.24) is 4.98 Å². The second kappa shape index (κ2) is 8.05. The summed E-state index contributed by atoms with van der Waals surface area (Å²) in [6, 6.07) is 18.9. The highest BCUT2D eigenvalue weighted by Gasteiger charge is 2.34. The van der Waals surface area contributed by atoms with E-state index in [-0.39, 0.29) is 11.6 Å². The molecule has 3 heteroatoms. The summed E-state index contributed by atoms with van der Waals surface area (Å²) in [6.45, 7) is 13.1. The molecule has 0 saturated heterocycles. The van der Waals surface area contributed by atoms with Gasteiger partial charge in [-0.05, 0) is 62.1 Å². The Balaban J connectivity index is 2.06. The molecule has 2 N–H and O–H groups in total. The van der Waals surface area contributed by atoms with Gasteiger partial charge in [-0.1, -0.05) is 56.3 Å². The predicted molar refractivity (Wildman–Crippen MR) is 120 cm³/mol. The van der Waals surface area contributed by atoms with E-state index in [0.29, 0.717) is 0 Å². The molecule has 3 aromatic rings. The zero-order valence-electron chi connectivity index (χ0n) is 17.8. The number of rotatable bonds is 6. The van der Waals surface area contributed by atoms with Crippen molar-refractivity contribution in [3.8, 4) is 0 Å². The zero-order valence-corrected chi connectivity index (χ0v) is 17.8. The molecule has 0 unspecified atom stereocenters. The SMILES string of the molecule is Cc1cccc(C)c1NC(Nc1c(C)cccc1C)C(C)(C)c1ccccn1. The number of nitrogens with zero attached hydrogens (tertiary/aromatic N) is 1. The van der Waals surface area contributed by atoms with Gasteiger partial charge in [0, 0.05) is 28.7 Å². The number of pyridine rings is 1. The highest BCUT2D eigenvalue weighted by molar-refractivity contribution is 5.62. The van der Waals surface area contributed by atoms with Gasteiger partial charge in [-0.15, -0.1) is 0 Å². The third kappa shape index (κ3) is 4.04. The molecular formula is C25H31N3. The molecule has 28 heavy (non-hydrogen) atoms. The van der Waals surface area contributed by atoms with Gasteiger partial charge in [-0.2, -0.15) is 0 Å². The predicted octanol–water partition coefficient (Wildman–Crippen LogP) is 6.14. The maximum atomic E-state index is 4.66. The smallest absolute Gasteiger partial charge is 0.107 e. The summed E-state index contributed by atoms with van der Waals surface area (Å²) in [5.74, 6) is 0. The van der Waals surface area contributed by atoms with E-state index in [1.54, 1.807) is 0 Å². The van der Waals surface area contributed by atoms with Crippen molar-refractivity contribution in [1.29, 1.82) is 0 Å². The second-order valence-electron chi connectivity index (χ2n) is 8.19. The first kappa shape index (κ1) is 19.9. The molecule has 0 aliphatic heterocycles. The lowest BCUT2D eigenvalue weighted by molar-refractivity contribution is 0.452. The maximum absolute atomic E-state index is 4.66. The minimum atomic E-state index is -0.245. The molecule has 1 aromatic heterocycles. The molecule has 146 valence electrons. The lowest BCUT2D eigenvalue weighted by Gasteiger charge is -2.38. The number of anilines is 2. The summed E-state index contributed by atoms with van der Waals surface area (Å²) in [6.07, 6.45) is 1.83. The molecule has 0 amide bonds. The van der Waals surface area contributed by atoms with Crippen LogP contribution in [0.3, 0.4) is 0 Å². The van der Waals surface area contributed by atoms with E-state index in [2.05, 4.69) is 106 Å². The van der Waals surface area contributed by atoms with Crippen LogP contribution in [0.1, 0.15) is 41.8 Å². The summed E-state index contributed by atoms with van der Waals surface area (Å²) < 4.78 is 0. The Hall–Kier alpha value is -2.81. The van der Waals surface area contributed by atoms with Crippen LogP contribution in [0, 0.1) is 27.7 Å². The fraction of sp³-hybridized carbons (Fsp3) is 0.320. The Bertz CT molecular complexity index is 851. The van der Waals surface area contributed by atoms with E-state index >= 15 is 0 Å². The van der Waals surface area contributed by atoms with E-state index in [0.717, 1.165) is 5.69 Å². The normalized spacial score (nSPS) is 11.5. The van der Waals surface area contributed by atoms with Crippen LogP contribution in [-0.4, -0.2) is 11.1 Å². The van der Waals surface area contributed by atoms with Crippen molar-refractivity contribution in [3.63, 3.8) is 0 Å². The first-order valence-corrected chi connectivity index (χ1v) is 9.87. The summed E-state index contributed by atoms with van der Waals surface area (Å²) in [7, 11) is 0. The number of hydrogen-bond donors (Lipinski definition) is 2. The van der Waals surface area contributed by atoms with Crippen molar-refractivity contribution in [2.75, 3.05) is 10.6 Å². The standard InChI is InChI=1S/C25H31N3/c1-17-11-9-12-18(2)22(17)27-24(25(5,6)21-15-7-8-16-26-21)28-23-19(3)13-10-14-20(23)4/h7-16,24,27-28H,1-6H3. The summed E-state index contributed by atoms with van der Waals surface area (Å²) in [4.78, 5) is 4.66. The highest BCUT2D eigenvalue weighted by Crippen LogP contribution is 2.32. The molecule has 2 aromatic carbocycles. The minimum Gasteiger partial charge on any atom is -0.364 e. The van der Waals surface area contributed by atoms with Crippen LogP contribution in [0.4, 0.5) is 11.4 Å². The van der Waals surface area contributed by atoms with Crippen LogP contribution in [0.2, 0.25) is 0 Å². The van der Waals surface area contributed by atoms with E-state index in [1.165, 1.54) is 33.6 Å². The average Bonchev–Trinajstić information content (AvgIpc) is 2.66. The van der Waals surface area contributed by atoms with Gasteiger partial charge in [0.1, 0.15) is 6.17 Å². The first-order chi connectivity index (χ1) is 13.3. The molecule has 0 saturated carbocycles. The number of hydrogen-bond acceptors (Lipinski definition) is 3. The van der Waals surface area contributed by atoms with Gasteiger partial charge in [0.05, 0.1) is 0 Å². The Kier molecular flexibility index (Phi) is 5.73. The van der Waals surface area contributed by atoms with Crippen LogP contribution in [0.15, 0.2) is 60.8 Å². The molecule has 3 nitrogen and oxygen atoms in total. The lowest BCUT2D eigenvalue weighted by Crippen LogP contribution is -2.46. The van der Waals surface area contributed by atoms with Crippen LogP contribution < -0.4 is 10.6 Å². The van der Waals surface area contributed by atoms with Crippen LogP contribution >= 0.6 is 0 Å². The summed E-state index contributed by atoms with van der Waals surface area (Å²) >= 11 is 0. The van der Waals surface area contributed by atoms with Gasteiger partial charge < -0.3 is 10.6 Å². The van der Waals surface area contributed by atoms with Gasteiger partial charge in [0.25, 0.3) is 0 Å². The van der Waals surface area contributed by atoms with Gasteiger partial charge >= 0.3 is 0 Å². The molecule has 3 rings (SSSR count). The van der Waals surface area contributed by atoms with E-state index < -0.39 is 0 Å². The summed E-state index contributed by atoms with van der Waals surface area (Å²) in [5.41, 5.74) is 8.12. The van der Waals surface area contributed by atoms with Gasteiger partial charge in [0.2, 0.25) is 0 Å². The average molecular weight is 374 g/mol. The van der Waals surface area contributed by atoms with Gasteiger partial charge in [-0.3, -0.25) is 4.98 Å². The third-order valence-corrected chi connectivity index (χ3v) is 5.59. The molecule has 0 radical (unpaired) electrons. The van der Waals surface area contributed by atoms with Crippen molar-refractivity contribution in [2.45, 2.75) is 53.1 Å². The monoisotopic (exact) mass is 373 g/mol. The van der Waals surface area contributed by atoms with Gasteiger partial charge in [-0.25, -0.2) is 0 Å². The number of para-hydroxylation sites is 2. The second-order valence-corrected chi connectivity index (χ2v) is 8.19. The quantitative estimate of drug-likeness (QED) is 0.509. The van der Waals surface area contributed by atoms with Crippen molar-refractivity contribution >= 4 is 11.4 Å². The summed E-state index contributed by atoms with van der Waals surface area (Å²) in [5, 5.41) is 7.61. The molecule has 0 spiro atoms. The van der Waals surface area contributed by atoms with Crippen molar-refractivity contribution < 1.29 is 0 Å². The van der Waals surface area contributed by atoms with Gasteiger partial charge in [0.15, 0.2) is 0 Å². The fourth-order valence-electron chi connectivity index (χ4n) is 3.66. The van der Waals surface area contributed by atoms with Crippen LogP contribution in [-0.2, 0) is 5.41 Å². The zero-order chi connectivity index (χ0) is 20.3.